The van der Waals surface area contributed by atoms with Gasteiger partial charge in [-0.15, -0.1) is 0 Å². The number of carbonyl (C=O) groups is 1. The maximum absolute atomic E-state index is 11.5. The zero-order valence-electron chi connectivity index (χ0n) is 8.84. The lowest BCUT2D eigenvalue weighted by Gasteiger charge is -2.02. The van der Waals surface area contributed by atoms with Crippen molar-refractivity contribution in [2.24, 2.45) is 0 Å². The summed E-state index contributed by atoms with van der Waals surface area (Å²) >= 11 is 0. The maximum Gasteiger partial charge on any atom is 0.377 e. The third-order valence-electron chi connectivity index (χ3n) is 2.15. The first-order valence-electron chi connectivity index (χ1n) is 4.89. The van der Waals surface area contributed by atoms with Gasteiger partial charge in [0.25, 0.3) is 0 Å². The molecule has 0 saturated carbocycles. The van der Waals surface area contributed by atoms with E-state index in [1.165, 1.54) is 6.20 Å². The van der Waals surface area contributed by atoms with Crippen molar-refractivity contribution in [1.82, 2.24) is 5.16 Å². The number of aromatic nitrogens is 1. The molecule has 0 aliphatic rings. The first kappa shape index (κ1) is 10.4. The van der Waals surface area contributed by atoms with Crippen LogP contribution < -0.4 is 0 Å². The maximum atomic E-state index is 11.5. The van der Waals surface area contributed by atoms with Crippen molar-refractivity contribution in [1.29, 1.82) is 0 Å². The molecular weight excluding hydrogens is 206 g/mol. The minimum Gasteiger partial charge on any atom is -0.455 e. The highest BCUT2D eigenvalue weighted by Crippen LogP contribution is 2.09. The molecular formula is C12H11NO3. The van der Waals surface area contributed by atoms with Crippen molar-refractivity contribution >= 4 is 5.97 Å². The van der Waals surface area contributed by atoms with E-state index in [4.69, 9.17) is 9.26 Å². The van der Waals surface area contributed by atoms with Gasteiger partial charge in [-0.25, -0.2) is 4.79 Å². The van der Waals surface area contributed by atoms with Crippen molar-refractivity contribution in [2.75, 3.05) is 0 Å². The molecule has 4 heteroatoms. The Morgan fingerprint density at radius 3 is 2.75 bits per heavy atom. The second-order valence-corrected chi connectivity index (χ2v) is 3.40. The smallest absolute Gasteiger partial charge is 0.377 e. The van der Waals surface area contributed by atoms with Gasteiger partial charge in [0.05, 0.1) is 6.20 Å². The number of ether oxygens (including phenoxy) is 1. The van der Waals surface area contributed by atoms with Crippen LogP contribution in [0.4, 0.5) is 0 Å². The molecule has 0 unspecified atom stereocenters. The van der Waals surface area contributed by atoms with E-state index in [1.807, 2.05) is 30.3 Å². The van der Waals surface area contributed by atoms with Crippen molar-refractivity contribution in [3.63, 3.8) is 0 Å². The molecule has 0 aliphatic carbocycles. The number of rotatable bonds is 3. The normalized spacial score (nSPS) is 10.1. The van der Waals surface area contributed by atoms with E-state index in [-0.39, 0.29) is 12.4 Å². The van der Waals surface area contributed by atoms with E-state index in [0.29, 0.717) is 5.56 Å². The van der Waals surface area contributed by atoms with Crippen LogP contribution in [0.15, 0.2) is 41.1 Å². The quantitative estimate of drug-likeness (QED) is 0.740. The van der Waals surface area contributed by atoms with Gasteiger partial charge < -0.3 is 9.26 Å². The highest BCUT2D eigenvalue weighted by Gasteiger charge is 2.15. The Morgan fingerprint density at radius 1 is 1.38 bits per heavy atom. The van der Waals surface area contributed by atoms with Crippen LogP contribution >= 0.6 is 0 Å². The zero-order chi connectivity index (χ0) is 11.4. The molecule has 0 spiro atoms. The monoisotopic (exact) mass is 217 g/mol. The molecule has 0 saturated heterocycles. The Bertz CT molecular complexity index is 476. The largest absolute Gasteiger partial charge is 0.455 e. The van der Waals surface area contributed by atoms with Gasteiger partial charge in [0.1, 0.15) is 6.61 Å². The molecule has 4 nitrogen and oxygen atoms in total. The fourth-order valence-electron chi connectivity index (χ4n) is 1.28. The molecule has 0 bridgehead atoms. The minimum absolute atomic E-state index is 0.163. The fourth-order valence-corrected chi connectivity index (χ4v) is 1.28. The average molecular weight is 217 g/mol. The number of hydrogen-bond donors (Lipinski definition) is 0. The van der Waals surface area contributed by atoms with Gasteiger partial charge in [-0.05, 0) is 12.5 Å². The molecule has 1 heterocycles. The summed E-state index contributed by atoms with van der Waals surface area (Å²) in [6.45, 7) is 1.98. The highest BCUT2D eigenvalue weighted by atomic mass is 16.6. The molecule has 0 N–H and O–H groups in total. The molecule has 0 atom stereocenters. The van der Waals surface area contributed by atoms with Crippen LogP contribution in [0, 0.1) is 6.92 Å². The number of nitrogens with zero attached hydrogens (tertiary/aromatic N) is 1. The first-order chi connectivity index (χ1) is 7.77. The Labute approximate surface area is 92.8 Å². The number of benzene rings is 1. The SMILES string of the molecule is Cc1cnoc1C(=O)OCc1ccccc1. The standard InChI is InChI=1S/C12H11NO3/c1-9-7-13-16-11(9)12(14)15-8-10-5-3-2-4-6-10/h2-7H,8H2,1H3. The molecule has 1 aromatic heterocycles. The van der Waals surface area contributed by atoms with Crippen LogP contribution in [0.25, 0.3) is 0 Å². The molecule has 1 aromatic carbocycles. The molecule has 2 aromatic rings. The zero-order valence-corrected chi connectivity index (χ0v) is 8.84. The van der Waals surface area contributed by atoms with E-state index in [2.05, 4.69) is 5.16 Å². The van der Waals surface area contributed by atoms with Gasteiger partial charge in [0.2, 0.25) is 5.76 Å². The van der Waals surface area contributed by atoms with Crippen LogP contribution in [0.1, 0.15) is 21.7 Å². The van der Waals surface area contributed by atoms with Crippen molar-refractivity contribution in [3.8, 4) is 0 Å². The lowest BCUT2D eigenvalue weighted by Crippen LogP contribution is -2.05. The lowest BCUT2D eigenvalue weighted by molar-refractivity contribution is 0.0424. The van der Waals surface area contributed by atoms with E-state index < -0.39 is 5.97 Å². The molecule has 16 heavy (non-hydrogen) atoms. The van der Waals surface area contributed by atoms with Gasteiger partial charge in [-0.2, -0.15) is 0 Å². The Balaban J connectivity index is 1.97. The summed E-state index contributed by atoms with van der Waals surface area (Å²) in [5.41, 5.74) is 1.62. The predicted octanol–water partition coefficient (Wildman–Crippen LogP) is 2.34. The summed E-state index contributed by atoms with van der Waals surface area (Å²) in [6, 6.07) is 9.47. The lowest BCUT2D eigenvalue weighted by atomic mass is 10.2. The number of esters is 1. The molecule has 0 amide bonds. The van der Waals surface area contributed by atoms with Gasteiger partial charge in [0.15, 0.2) is 0 Å². The molecule has 0 aliphatic heterocycles. The van der Waals surface area contributed by atoms with E-state index in [0.717, 1.165) is 5.56 Å². The molecule has 2 rings (SSSR count). The van der Waals surface area contributed by atoms with Crippen LogP contribution in [-0.4, -0.2) is 11.1 Å². The number of hydrogen-bond acceptors (Lipinski definition) is 4. The Hall–Kier alpha value is -2.10. The van der Waals surface area contributed by atoms with Gasteiger partial charge in [0, 0.05) is 5.56 Å². The highest BCUT2D eigenvalue weighted by molar-refractivity contribution is 5.87. The van der Waals surface area contributed by atoms with Crippen LogP contribution in [-0.2, 0) is 11.3 Å². The molecule has 82 valence electrons. The van der Waals surface area contributed by atoms with Gasteiger partial charge in [-0.3, -0.25) is 0 Å². The third kappa shape index (κ3) is 2.28. The van der Waals surface area contributed by atoms with Gasteiger partial charge in [-0.1, -0.05) is 35.5 Å². The summed E-state index contributed by atoms with van der Waals surface area (Å²) in [6.07, 6.45) is 1.49. The molecule has 0 radical (unpaired) electrons. The summed E-state index contributed by atoms with van der Waals surface area (Å²) in [5, 5.41) is 3.52. The Kier molecular flexibility index (Phi) is 3.00. The van der Waals surface area contributed by atoms with Crippen LogP contribution in [0.2, 0.25) is 0 Å². The number of carbonyl (C=O) groups excluding carboxylic acids is 1. The summed E-state index contributed by atoms with van der Waals surface area (Å²) < 4.78 is 9.87. The van der Waals surface area contributed by atoms with Crippen molar-refractivity contribution in [3.05, 3.63) is 53.4 Å². The van der Waals surface area contributed by atoms with Gasteiger partial charge >= 0.3 is 5.97 Å². The predicted molar refractivity (Wildman–Crippen MR) is 56.8 cm³/mol. The topological polar surface area (TPSA) is 52.3 Å². The molecule has 0 fully saturated rings. The Morgan fingerprint density at radius 2 is 2.12 bits per heavy atom. The van der Waals surface area contributed by atoms with Crippen molar-refractivity contribution in [2.45, 2.75) is 13.5 Å². The van der Waals surface area contributed by atoms with E-state index in [1.54, 1.807) is 6.92 Å². The second kappa shape index (κ2) is 4.61. The summed E-state index contributed by atoms with van der Waals surface area (Å²) in [7, 11) is 0. The van der Waals surface area contributed by atoms with E-state index in [9.17, 15) is 4.79 Å². The van der Waals surface area contributed by atoms with Crippen LogP contribution in [0.5, 0.6) is 0 Å². The van der Waals surface area contributed by atoms with Crippen molar-refractivity contribution < 1.29 is 14.1 Å². The minimum atomic E-state index is -0.487. The third-order valence-corrected chi connectivity index (χ3v) is 2.15. The fraction of sp³-hybridized carbons (Fsp3) is 0.167. The van der Waals surface area contributed by atoms with E-state index >= 15 is 0 Å². The number of aryl methyl sites for hydroxylation is 1. The second-order valence-electron chi connectivity index (χ2n) is 3.40. The van der Waals surface area contributed by atoms with Crippen LogP contribution in [0.3, 0.4) is 0 Å². The first-order valence-corrected chi connectivity index (χ1v) is 4.89. The summed E-state index contributed by atoms with van der Waals surface area (Å²) in [4.78, 5) is 11.5. The average Bonchev–Trinajstić information content (AvgIpc) is 2.74. The summed E-state index contributed by atoms with van der Waals surface area (Å²) in [5.74, 6) is -0.324.